The standard InChI is InChI=1S/C18H28N4O/c1-19-18(22-11-9-15-6-3-4-8-17(15)22)20-14-16-7-5-10-21(16)12-13-23-2/h3-4,6,8,16H,5,7,9-14H2,1-2H3,(H,19,20). The molecule has 1 atom stereocenters. The second kappa shape index (κ2) is 7.79. The number of ether oxygens (including phenoxy) is 1. The summed E-state index contributed by atoms with van der Waals surface area (Å²) >= 11 is 0. The highest BCUT2D eigenvalue weighted by Crippen LogP contribution is 2.27. The average Bonchev–Trinajstić information content (AvgIpc) is 3.21. The molecule has 0 amide bonds. The molecule has 1 unspecified atom stereocenters. The molecular formula is C18H28N4O. The van der Waals surface area contributed by atoms with Gasteiger partial charge in [0, 0.05) is 45.5 Å². The van der Waals surface area contributed by atoms with Crippen molar-refractivity contribution in [1.29, 1.82) is 0 Å². The van der Waals surface area contributed by atoms with Crippen molar-refractivity contribution in [2.45, 2.75) is 25.3 Å². The van der Waals surface area contributed by atoms with Gasteiger partial charge in [0.2, 0.25) is 0 Å². The summed E-state index contributed by atoms with van der Waals surface area (Å²) in [5.74, 6) is 0.994. The molecule has 1 saturated heterocycles. The molecule has 2 heterocycles. The zero-order valence-corrected chi connectivity index (χ0v) is 14.3. The molecule has 0 radical (unpaired) electrons. The van der Waals surface area contributed by atoms with Gasteiger partial charge in [0.1, 0.15) is 0 Å². The minimum atomic E-state index is 0.583. The second-order valence-electron chi connectivity index (χ2n) is 6.28. The lowest BCUT2D eigenvalue weighted by Gasteiger charge is -2.27. The van der Waals surface area contributed by atoms with E-state index >= 15 is 0 Å². The van der Waals surface area contributed by atoms with Gasteiger partial charge in [0.05, 0.1) is 6.61 Å². The molecule has 126 valence electrons. The first-order valence-corrected chi connectivity index (χ1v) is 8.62. The number of likely N-dealkylation sites (tertiary alicyclic amines) is 1. The first kappa shape index (κ1) is 16.3. The third kappa shape index (κ3) is 3.67. The molecule has 2 aliphatic rings. The Kier molecular flexibility index (Phi) is 5.51. The van der Waals surface area contributed by atoms with E-state index in [9.17, 15) is 0 Å². The maximum atomic E-state index is 5.23. The lowest BCUT2D eigenvalue weighted by molar-refractivity contribution is 0.141. The highest BCUT2D eigenvalue weighted by atomic mass is 16.5. The number of nitrogens with zero attached hydrogens (tertiary/aromatic N) is 3. The highest BCUT2D eigenvalue weighted by molar-refractivity contribution is 5.97. The van der Waals surface area contributed by atoms with E-state index < -0.39 is 0 Å². The van der Waals surface area contributed by atoms with Crippen molar-refractivity contribution in [3.63, 3.8) is 0 Å². The summed E-state index contributed by atoms with van der Waals surface area (Å²) in [7, 11) is 3.65. The minimum Gasteiger partial charge on any atom is -0.383 e. The SMILES string of the molecule is CN=C(NCC1CCCN1CCOC)N1CCc2ccccc21. The van der Waals surface area contributed by atoms with Gasteiger partial charge < -0.3 is 15.0 Å². The Morgan fingerprint density at radius 1 is 1.35 bits per heavy atom. The summed E-state index contributed by atoms with van der Waals surface area (Å²) in [5, 5.41) is 3.59. The Hall–Kier alpha value is -1.59. The molecule has 0 spiro atoms. The van der Waals surface area contributed by atoms with E-state index in [0.717, 1.165) is 38.6 Å². The van der Waals surface area contributed by atoms with Crippen molar-refractivity contribution >= 4 is 11.6 Å². The van der Waals surface area contributed by atoms with Crippen LogP contribution in [0.1, 0.15) is 18.4 Å². The lowest BCUT2D eigenvalue weighted by Crippen LogP contribution is -2.47. The van der Waals surface area contributed by atoms with Gasteiger partial charge in [-0.05, 0) is 37.4 Å². The minimum absolute atomic E-state index is 0.583. The van der Waals surface area contributed by atoms with Gasteiger partial charge in [-0.15, -0.1) is 0 Å². The Labute approximate surface area is 139 Å². The molecular weight excluding hydrogens is 288 g/mol. The summed E-state index contributed by atoms with van der Waals surface area (Å²) in [6.07, 6.45) is 3.63. The first-order valence-electron chi connectivity index (χ1n) is 8.62. The van der Waals surface area contributed by atoms with Gasteiger partial charge >= 0.3 is 0 Å². The van der Waals surface area contributed by atoms with E-state index in [1.807, 2.05) is 7.05 Å². The van der Waals surface area contributed by atoms with Crippen molar-refractivity contribution in [1.82, 2.24) is 10.2 Å². The molecule has 0 bridgehead atoms. The third-order valence-corrected chi connectivity index (χ3v) is 4.93. The molecule has 1 aromatic carbocycles. The predicted molar refractivity (Wildman–Crippen MR) is 95.3 cm³/mol. The molecule has 0 aromatic heterocycles. The number of aliphatic imine (C=N–C) groups is 1. The molecule has 0 aliphatic carbocycles. The summed E-state index contributed by atoms with van der Waals surface area (Å²) < 4.78 is 5.23. The van der Waals surface area contributed by atoms with Gasteiger partial charge in [0.15, 0.2) is 5.96 Å². The van der Waals surface area contributed by atoms with Crippen LogP contribution < -0.4 is 10.2 Å². The van der Waals surface area contributed by atoms with Crippen LogP contribution in [0.5, 0.6) is 0 Å². The van der Waals surface area contributed by atoms with E-state index in [1.165, 1.54) is 30.6 Å². The number of hydrogen-bond donors (Lipinski definition) is 1. The predicted octanol–water partition coefficient (Wildman–Crippen LogP) is 1.74. The van der Waals surface area contributed by atoms with Crippen LogP contribution in [0.2, 0.25) is 0 Å². The Balaban J connectivity index is 1.59. The smallest absolute Gasteiger partial charge is 0.198 e. The average molecular weight is 316 g/mol. The van der Waals surface area contributed by atoms with Crippen LogP contribution in [0.25, 0.3) is 0 Å². The fraction of sp³-hybridized carbons (Fsp3) is 0.611. The summed E-state index contributed by atoms with van der Waals surface area (Å²) in [6, 6.07) is 9.21. The second-order valence-corrected chi connectivity index (χ2v) is 6.28. The van der Waals surface area contributed by atoms with Gasteiger partial charge in [-0.1, -0.05) is 18.2 Å². The zero-order chi connectivity index (χ0) is 16.1. The number of methoxy groups -OCH3 is 1. The number of fused-ring (bicyclic) bond motifs is 1. The number of guanidine groups is 1. The van der Waals surface area contributed by atoms with E-state index in [1.54, 1.807) is 7.11 Å². The largest absolute Gasteiger partial charge is 0.383 e. The number of rotatable bonds is 5. The van der Waals surface area contributed by atoms with Gasteiger partial charge in [0.25, 0.3) is 0 Å². The normalized spacial score (nSPS) is 21.7. The van der Waals surface area contributed by atoms with Gasteiger partial charge in [-0.25, -0.2) is 0 Å². The van der Waals surface area contributed by atoms with Crippen molar-refractivity contribution < 1.29 is 4.74 Å². The van der Waals surface area contributed by atoms with Crippen molar-refractivity contribution in [3.8, 4) is 0 Å². The zero-order valence-electron chi connectivity index (χ0n) is 14.3. The molecule has 2 aliphatic heterocycles. The molecule has 5 nitrogen and oxygen atoms in total. The fourth-order valence-electron chi connectivity index (χ4n) is 3.69. The molecule has 5 heteroatoms. The Morgan fingerprint density at radius 2 is 2.22 bits per heavy atom. The van der Waals surface area contributed by atoms with E-state index in [2.05, 4.69) is 44.4 Å². The highest BCUT2D eigenvalue weighted by Gasteiger charge is 2.26. The van der Waals surface area contributed by atoms with Crippen molar-refractivity contribution in [3.05, 3.63) is 29.8 Å². The maximum Gasteiger partial charge on any atom is 0.198 e. The van der Waals surface area contributed by atoms with Crippen LogP contribution in [0.4, 0.5) is 5.69 Å². The number of nitrogens with one attached hydrogen (secondary N) is 1. The summed E-state index contributed by atoms with van der Waals surface area (Å²) in [6.45, 7) is 4.98. The molecule has 1 aromatic rings. The van der Waals surface area contributed by atoms with Crippen LogP contribution in [0, 0.1) is 0 Å². The molecule has 23 heavy (non-hydrogen) atoms. The summed E-state index contributed by atoms with van der Waals surface area (Å²) in [5.41, 5.74) is 2.71. The molecule has 1 N–H and O–H groups in total. The summed E-state index contributed by atoms with van der Waals surface area (Å²) in [4.78, 5) is 9.34. The van der Waals surface area contributed by atoms with Crippen LogP contribution in [-0.4, -0.2) is 63.8 Å². The van der Waals surface area contributed by atoms with E-state index in [0.29, 0.717) is 6.04 Å². The lowest BCUT2D eigenvalue weighted by atomic mass is 10.2. The van der Waals surface area contributed by atoms with Crippen LogP contribution in [-0.2, 0) is 11.2 Å². The number of para-hydroxylation sites is 1. The number of anilines is 1. The monoisotopic (exact) mass is 316 g/mol. The quantitative estimate of drug-likeness (QED) is 0.663. The third-order valence-electron chi connectivity index (χ3n) is 4.93. The van der Waals surface area contributed by atoms with Crippen LogP contribution in [0.3, 0.4) is 0 Å². The van der Waals surface area contributed by atoms with E-state index in [4.69, 9.17) is 4.74 Å². The maximum absolute atomic E-state index is 5.23. The van der Waals surface area contributed by atoms with Crippen LogP contribution >= 0.6 is 0 Å². The number of hydrogen-bond acceptors (Lipinski definition) is 3. The fourth-order valence-corrected chi connectivity index (χ4v) is 3.69. The van der Waals surface area contributed by atoms with Gasteiger partial charge in [-0.2, -0.15) is 0 Å². The Morgan fingerprint density at radius 3 is 3.04 bits per heavy atom. The van der Waals surface area contributed by atoms with E-state index in [-0.39, 0.29) is 0 Å². The molecule has 3 rings (SSSR count). The van der Waals surface area contributed by atoms with Gasteiger partial charge in [-0.3, -0.25) is 9.89 Å². The number of benzene rings is 1. The Bertz CT molecular complexity index is 546. The topological polar surface area (TPSA) is 40.1 Å². The van der Waals surface area contributed by atoms with Crippen molar-refractivity contribution in [2.24, 2.45) is 4.99 Å². The first-order chi connectivity index (χ1) is 11.3. The molecule has 0 saturated carbocycles. The van der Waals surface area contributed by atoms with Crippen LogP contribution in [0.15, 0.2) is 29.3 Å². The van der Waals surface area contributed by atoms with Crippen molar-refractivity contribution in [2.75, 3.05) is 51.8 Å². The molecule has 1 fully saturated rings.